The third-order valence-electron chi connectivity index (χ3n) is 4.12. The number of aromatic nitrogens is 1. The molecular weight excluding hydrogens is 342 g/mol. The predicted octanol–water partition coefficient (Wildman–Crippen LogP) is 2.62. The van der Waals surface area contributed by atoms with Crippen LogP contribution >= 0.6 is 0 Å². The lowest BCUT2D eigenvalue weighted by Crippen LogP contribution is -2.43. The Hall–Kier alpha value is -3.72. The van der Waals surface area contributed by atoms with Gasteiger partial charge in [-0.25, -0.2) is 9.78 Å². The van der Waals surface area contributed by atoms with E-state index in [2.05, 4.69) is 16.4 Å². The van der Waals surface area contributed by atoms with Gasteiger partial charge in [-0.3, -0.25) is 4.79 Å². The van der Waals surface area contributed by atoms with Crippen molar-refractivity contribution in [3.8, 4) is 6.07 Å². The molecule has 27 heavy (non-hydrogen) atoms. The number of nitrogens with one attached hydrogen (secondary N) is 1. The fraction of sp³-hybridized carbons (Fsp3) is 0.143. The summed E-state index contributed by atoms with van der Waals surface area (Å²) in [7, 11) is 1.27. The number of fused-ring (bicyclic) bond motifs is 1. The van der Waals surface area contributed by atoms with Crippen LogP contribution in [0.1, 0.15) is 21.6 Å². The Labute approximate surface area is 156 Å². The van der Waals surface area contributed by atoms with Crippen LogP contribution in [0.3, 0.4) is 0 Å². The maximum absolute atomic E-state index is 12.6. The van der Waals surface area contributed by atoms with Gasteiger partial charge in [0.1, 0.15) is 11.7 Å². The van der Waals surface area contributed by atoms with Gasteiger partial charge in [-0.15, -0.1) is 0 Å². The fourth-order valence-electron chi connectivity index (χ4n) is 2.76. The number of hydrogen-bond donors (Lipinski definition) is 1. The number of para-hydroxylation sites is 1. The van der Waals surface area contributed by atoms with E-state index in [4.69, 9.17) is 10.00 Å². The van der Waals surface area contributed by atoms with Gasteiger partial charge in [0, 0.05) is 11.8 Å². The summed E-state index contributed by atoms with van der Waals surface area (Å²) in [5, 5.41) is 12.6. The Morgan fingerprint density at radius 3 is 2.74 bits per heavy atom. The molecule has 0 spiro atoms. The average molecular weight is 359 g/mol. The number of carbonyl (C=O) groups excluding carboxylic acids is 2. The van der Waals surface area contributed by atoms with Gasteiger partial charge >= 0.3 is 5.97 Å². The minimum Gasteiger partial charge on any atom is -0.467 e. The molecule has 0 saturated carbocycles. The Morgan fingerprint density at radius 2 is 1.96 bits per heavy atom. The number of methoxy groups -OCH3 is 1. The summed E-state index contributed by atoms with van der Waals surface area (Å²) in [6.07, 6.45) is 0.210. The lowest BCUT2D eigenvalue weighted by molar-refractivity contribution is -0.142. The number of ether oxygens (including phenoxy) is 1. The molecule has 3 aromatic rings. The van der Waals surface area contributed by atoms with E-state index in [0.717, 1.165) is 10.9 Å². The Kier molecular flexibility index (Phi) is 5.43. The molecule has 1 atom stereocenters. The van der Waals surface area contributed by atoms with Gasteiger partial charge in [0.15, 0.2) is 0 Å². The van der Waals surface area contributed by atoms with Crippen LogP contribution < -0.4 is 5.32 Å². The van der Waals surface area contributed by atoms with Crippen LogP contribution in [0.5, 0.6) is 0 Å². The third-order valence-corrected chi connectivity index (χ3v) is 4.12. The quantitative estimate of drug-likeness (QED) is 0.707. The van der Waals surface area contributed by atoms with Crippen LogP contribution in [0.15, 0.2) is 60.7 Å². The maximum Gasteiger partial charge on any atom is 0.328 e. The van der Waals surface area contributed by atoms with Crippen molar-refractivity contribution in [3.63, 3.8) is 0 Å². The summed E-state index contributed by atoms with van der Waals surface area (Å²) >= 11 is 0. The molecule has 6 heteroatoms. The molecule has 0 radical (unpaired) electrons. The molecule has 2 aromatic carbocycles. The highest BCUT2D eigenvalue weighted by Crippen LogP contribution is 2.13. The zero-order chi connectivity index (χ0) is 19.2. The van der Waals surface area contributed by atoms with Crippen molar-refractivity contribution in [2.45, 2.75) is 12.5 Å². The zero-order valence-electron chi connectivity index (χ0n) is 14.7. The van der Waals surface area contributed by atoms with Crippen LogP contribution in [0.2, 0.25) is 0 Å². The summed E-state index contributed by atoms with van der Waals surface area (Å²) < 4.78 is 4.81. The van der Waals surface area contributed by atoms with Gasteiger partial charge in [0.05, 0.1) is 24.3 Å². The molecule has 0 unspecified atom stereocenters. The summed E-state index contributed by atoms with van der Waals surface area (Å²) in [5.41, 5.74) is 2.14. The number of benzene rings is 2. The largest absolute Gasteiger partial charge is 0.467 e. The van der Waals surface area contributed by atoms with Gasteiger partial charge in [0.2, 0.25) is 0 Å². The minimum atomic E-state index is -0.885. The first-order valence-corrected chi connectivity index (χ1v) is 8.34. The van der Waals surface area contributed by atoms with Crippen molar-refractivity contribution in [2.24, 2.45) is 0 Å². The van der Waals surface area contributed by atoms with Crippen LogP contribution in [-0.4, -0.2) is 30.0 Å². The molecule has 0 fully saturated rings. The highest BCUT2D eigenvalue weighted by Gasteiger charge is 2.23. The van der Waals surface area contributed by atoms with Crippen molar-refractivity contribution < 1.29 is 14.3 Å². The highest BCUT2D eigenvalue weighted by molar-refractivity contribution is 5.97. The first-order valence-electron chi connectivity index (χ1n) is 8.34. The fourth-order valence-corrected chi connectivity index (χ4v) is 2.76. The number of esters is 1. The molecule has 1 N–H and O–H groups in total. The molecular formula is C21H17N3O3. The molecule has 6 nitrogen and oxygen atoms in total. The van der Waals surface area contributed by atoms with Crippen molar-refractivity contribution in [1.29, 1.82) is 5.26 Å². The van der Waals surface area contributed by atoms with Crippen molar-refractivity contribution >= 4 is 22.8 Å². The second-order valence-corrected chi connectivity index (χ2v) is 5.95. The van der Waals surface area contributed by atoms with Crippen molar-refractivity contribution in [1.82, 2.24) is 10.3 Å². The van der Waals surface area contributed by atoms with Gasteiger partial charge in [-0.05, 0) is 29.8 Å². The van der Waals surface area contributed by atoms with E-state index in [0.29, 0.717) is 11.1 Å². The number of pyridine rings is 1. The van der Waals surface area contributed by atoms with E-state index in [1.165, 1.54) is 7.11 Å². The molecule has 0 bridgehead atoms. The smallest absolute Gasteiger partial charge is 0.328 e. The molecule has 0 aliphatic rings. The average Bonchev–Trinajstić information content (AvgIpc) is 2.72. The van der Waals surface area contributed by atoms with E-state index in [1.54, 1.807) is 36.4 Å². The Morgan fingerprint density at radius 1 is 1.15 bits per heavy atom. The molecule has 1 heterocycles. The SMILES string of the molecule is COC(=O)[C@H](Cc1cccc(C#N)c1)NC(=O)c1ccc2ccccc2n1. The molecule has 1 amide bonds. The standard InChI is InChI=1S/C21H17N3O3/c1-27-21(26)19(12-14-5-4-6-15(11-14)13-22)24-20(25)18-10-9-16-7-2-3-8-17(16)23-18/h2-11,19H,12H2,1H3,(H,24,25)/t19-/m0/s1. The maximum atomic E-state index is 12.6. The van der Waals surface area contributed by atoms with Crippen LogP contribution in [-0.2, 0) is 16.0 Å². The van der Waals surface area contributed by atoms with Gasteiger partial charge in [-0.2, -0.15) is 5.26 Å². The summed E-state index contributed by atoms with van der Waals surface area (Å²) in [4.78, 5) is 29.1. The number of rotatable bonds is 5. The second kappa shape index (κ2) is 8.11. The zero-order valence-corrected chi connectivity index (χ0v) is 14.7. The number of carbonyl (C=O) groups is 2. The first-order chi connectivity index (χ1) is 13.1. The van der Waals surface area contributed by atoms with Crippen LogP contribution in [0, 0.1) is 11.3 Å². The van der Waals surface area contributed by atoms with Gasteiger partial charge in [-0.1, -0.05) is 36.4 Å². The number of hydrogen-bond acceptors (Lipinski definition) is 5. The lowest BCUT2D eigenvalue weighted by Gasteiger charge is -2.16. The second-order valence-electron chi connectivity index (χ2n) is 5.95. The molecule has 1 aromatic heterocycles. The monoisotopic (exact) mass is 359 g/mol. The van der Waals surface area contributed by atoms with E-state index >= 15 is 0 Å². The number of nitrogens with zero attached hydrogens (tertiary/aromatic N) is 2. The number of nitriles is 1. The highest BCUT2D eigenvalue weighted by atomic mass is 16.5. The van der Waals surface area contributed by atoms with E-state index in [1.807, 2.05) is 24.3 Å². The summed E-state index contributed by atoms with van der Waals surface area (Å²) in [6, 6.07) is 18.9. The first kappa shape index (κ1) is 18.1. The molecule has 0 saturated heterocycles. The van der Waals surface area contributed by atoms with E-state index in [9.17, 15) is 9.59 Å². The van der Waals surface area contributed by atoms with Crippen LogP contribution in [0.4, 0.5) is 0 Å². The topological polar surface area (TPSA) is 92.1 Å². The third kappa shape index (κ3) is 4.28. The molecule has 3 rings (SSSR count). The van der Waals surface area contributed by atoms with Gasteiger partial charge < -0.3 is 10.1 Å². The molecule has 134 valence electrons. The predicted molar refractivity (Wildman–Crippen MR) is 99.9 cm³/mol. The van der Waals surface area contributed by atoms with Crippen molar-refractivity contribution in [3.05, 3.63) is 77.5 Å². The Bertz CT molecular complexity index is 1040. The Balaban J connectivity index is 1.81. The minimum absolute atomic E-state index is 0.210. The lowest BCUT2D eigenvalue weighted by atomic mass is 10.0. The summed E-state index contributed by atoms with van der Waals surface area (Å²) in [6.45, 7) is 0. The van der Waals surface area contributed by atoms with Gasteiger partial charge in [0.25, 0.3) is 5.91 Å². The molecule has 0 aliphatic carbocycles. The number of amides is 1. The molecule has 0 aliphatic heterocycles. The summed E-state index contributed by atoms with van der Waals surface area (Å²) in [5.74, 6) is -1.03. The normalized spacial score (nSPS) is 11.4. The van der Waals surface area contributed by atoms with Crippen molar-refractivity contribution in [2.75, 3.05) is 7.11 Å². The van der Waals surface area contributed by atoms with E-state index < -0.39 is 17.9 Å². The van der Waals surface area contributed by atoms with E-state index in [-0.39, 0.29) is 12.1 Å². The van der Waals surface area contributed by atoms with Crippen LogP contribution in [0.25, 0.3) is 10.9 Å².